The molecule has 2 atom stereocenters. The first-order valence-corrected chi connectivity index (χ1v) is 8.39. The van der Waals surface area contributed by atoms with E-state index in [9.17, 15) is 4.79 Å². The van der Waals surface area contributed by atoms with Crippen molar-refractivity contribution >= 4 is 33.6 Å². The van der Waals surface area contributed by atoms with E-state index < -0.39 is 5.60 Å². The summed E-state index contributed by atoms with van der Waals surface area (Å²) in [6, 6.07) is 3.80. The molecule has 2 rings (SSSR count). The summed E-state index contributed by atoms with van der Waals surface area (Å²) in [4.78, 5) is 18.2. The molecule has 0 aliphatic carbocycles. The highest BCUT2D eigenvalue weighted by Gasteiger charge is 2.32. The molecule has 5 nitrogen and oxygen atoms in total. The fourth-order valence-corrected chi connectivity index (χ4v) is 3.12. The van der Waals surface area contributed by atoms with Crippen LogP contribution >= 0.6 is 27.5 Å². The molecule has 1 aliphatic rings. The summed E-state index contributed by atoms with van der Waals surface area (Å²) in [6.45, 7) is 8.84. The van der Waals surface area contributed by atoms with Crippen molar-refractivity contribution in [1.29, 1.82) is 0 Å². The molecule has 7 heteroatoms. The number of amides is 1. The highest BCUT2D eigenvalue weighted by atomic mass is 79.9. The smallest absolute Gasteiger partial charge is 0.410 e. The topological polar surface area (TPSA) is 54.5 Å². The summed E-state index contributed by atoms with van der Waals surface area (Å²) in [5.41, 5.74) is 0.493. The third kappa shape index (κ3) is 4.57. The molecule has 0 radical (unpaired) electrons. The van der Waals surface area contributed by atoms with Crippen LogP contribution in [0.2, 0.25) is 5.15 Å². The largest absolute Gasteiger partial charge is 0.444 e. The molecule has 0 saturated carbocycles. The Bertz CT molecular complexity index is 542. The van der Waals surface area contributed by atoms with Gasteiger partial charge in [0.05, 0.1) is 6.04 Å². The van der Waals surface area contributed by atoms with Crippen molar-refractivity contribution in [3.8, 4) is 0 Å². The average Bonchev–Trinajstić information content (AvgIpc) is 2.35. The van der Waals surface area contributed by atoms with E-state index in [0.29, 0.717) is 22.8 Å². The standard InChI is InChI=1S/C15H21BrClN3O2/c1-9-7-18-11(10-5-12(16)19-13(17)6-10)8-20(9)14(21)22-15(2,3)4/h5-6,9,11,18H,7-8H2,1-4H3/t9-,11-/m0/s1. The predicted molar refractivity (Wildman–Crippen MR) is 90.1 cm³/mol. The van der Waals surface area contributed by atoms with Crippen LogP contribution in [0.1, 0.15) is 39.3 Å². The van der Waals surface area contributed by atoms with Crippen molar-refractivity contribution in [2.24, 2.45) is 0 Å². The van der Waals surface area contributed by atoms with Crippen LogP contribution in [0.25, 0.3) is 0 Å². The summed E-state index contributed by atoms with van der Waals surface area (Å²) < 4.78 is 6.17. The van der Waals surface area contributed by atoms with E-state index in [1.807, 2.05) is 39.8 Å². The van der Waals surface area contributed by atoms with Crippen molar-refractivity contribution in [3.63, 3.8) is 0 Å². The van der Waals surface area contributed by atoms with Gasteiger partial charge in [-0.25, -0.2) is 9.78 Å². The van der Waals surface area contributed by atoms with Crippen molar-refractivity contribution in [3.05, 3.63) is 27.5 Å². The second-order valence-electron chi connectivity index (χ2n) is 6.49. The third-order valence-corrected chi connectivity index (χ3v) is 3.99. The Hall–Kier alpha value is -0.850. The van der Waals surface area contributed by atoms with E-state index in [1.165, 1.54) is 0 Å². The Balaban J connectivity index is 2.15. The number of rotatable bonds is 1. The predicted octanol–water partition coefficient (Wildman–Crippen LogP) is 3.77. The van der Waals surface area contributed by atoms with Gasteiger partial charge in [-0.3, -0.25) is 0 Å². The summed E-state index contributed by atoms with van der Waals surface area (Å²) in [7, 11) is 0. The molecule has 122 valence electrons. The van der Waals surface area contributed by atoms with Gasteiger partial charge in [-0.1, -0.05) is 11.6 Å². The minimum absolute atomic E-state index is 0.000480. The molecule has 1 fully saturated rings. The maximum Gasteiger partial charge on any atom is 0.410 e. The van der Waals surface area contributed by atoms with Gasteiger partial charge in [0.15, 0.2) is 0 Å². The van der Waals surface area contributed by atoms with Gasteiger partial charge in [0.25, 0.3) is 0 Å². The summed E-state index contributed by atoms with van der Waals surface area (Å²) in [6.07, 6.45) is -0.286. The Labute approximate surface area is 144 Å². The number of hydrogen-bond donors (Lipinski definition) is 1. The quantitative estimate of drug-likeness (QED) is 0.742. The highest BCUT2D eigenvalue weighted by molar-refractivity contribution is 9.10. The number of nitrogens with one attached hydrogen (secondary N) is 1. The van der Waals surface area contributed by atoms with Crippen LogP contribution in [0.3, 0.4) is 0 Å². The number of carbonyl (C=O) groups excluding carboxylic acids is 1. The molecule has 1 aromatic heterocycles. The lowest BCUT2D eigenvalue weighted by Crippen LogP contribution is -2.54. The van der Waals surface area contributed by atoms with Crippen LogP contribution in [0.4, 0.5) is 4.79 Å². The SMILES string of the molecule is C[C@H]1CN[C@H](c2cc(Cl)nc(Br)c2)CN1C(=O)OC(C)(C)C. The average molecular weight is 391 g/mol. The lowest BCUT2D eigenvalue weighted by Gasteiger charge is -2.39. The molecule has 0 spiro atoms. The van der Waals surface area contributed by atoms with E-state index in [2.05, 4.69) is 26.2 Å². The van der Waals surface area contributed by atoms with Gasteiger partial charge in [0.2, 0.25) is 0 Å². The van der Waals surface area contributed by atoms with E-state index in [4.69, 9.17) is 16.3 Å². The van der Waals surface area contributed by atoms with Crippen molar-refractivity contribution < 1.29 is 9.53 Å². The van der Waals surface area contributed by atoms with Crippen LogP contribution < -0.4 is 5.32 Å². The molecule has 1 saturated heterocycles. The Morgan fingerprint density at radius 1 is 1.50 bits per heavy atom. The second kappa shape index (κ2) is 6.72. The van der Waals surface area contributed by atoms with Gasteiger partial charge in [-0.05, 0) is 61.3 Å². The van der Waals surface area contributed by atoms with E-state index in [0.717, 1.165) is 5.56 Å². The number of nitrogens with zero attached hydrogens (tertiary/aromatic N) is 2. The number of halogens is 2. The number of hydrogen-bond acceptors (Lipinski definition) is 4. The fourth-order valence-electron chi connectivity index (χ4n) is 2.35. The molecular weight excluding hydrogens is 370 g/mol. The number of piperazine rings is 1. The molecule has 1 N–H and O–H groups in total. The van der Waals surface area contributed by atoms with E-state index in [1.54, 1.807) is 4.90 Å². The number of ether oxygens (including phenoxy) is 1. The van der Waals surface area contributed by atoms with E-state index >= 15 is 0 Å². The molecule has 1 amide bonds. The third-order valence-electron chi connectivity index (χ3n) is 3.39. The molecule has 2 heterocycles. The van der Waals surface area contributed by atoms with Crippen molar-refractivity contribution in [1.82, 2.24) is 15.2 Å². The molecule has 0 bridgehead atoms. The molecular formula is C15H21BrClN3O2. The molecule has 1 aliphatic heterocycles. The minimum Gasteiger partial charge on any atom is -0.444 e. The number of aromatic nitrogens is 1. The Morgan fingerprint density at radius 3 is 2.77 bits per heavy atom. The monoisotopic (exact) mass is 389 g/mol. The van der Waals surface area contributed by atoms with Gasteiger partial charge >= 0.3 is 6.09 Å². The highest BCUT2D eigenvalue weighted by Crippen LogP contribution is 2.25. The Kier molecular flexibility index (Phi) is 5.35. The first kappa shape index (κ1) is 17.5. The van der Waals surface area contributed by atoms with Gasteiger partial charge in [-0.15, -0.1) is 0 Å². The van der Waals surface area contributed by atoms with Gasteiger partial charge < -0.3 is 15.0 Å². The van der Waals surface area contributed by atoms with E-state index in [-0.39, 0.29) is 18.2 Å². The lowest BCUT2D eigenvalue weighted by atomic mass is 10.0. The van der Waals surface area contributed by atoms with Crippen LogP contribution in [0.5, 0.6) is 0 Å². The van der Waals surface area contributed by atoms with Crippen molar-refractivity contribution in [2.75, 3.05) is 13.1 Å². The van der Waals surface area contributed by atoms with Crippen LogP contribution in [0, 0.1) is 0 Å². The summed E-state index contributed by atoms with van der Waals surface area (Å²) in [5, 5.41) is 3.86. The van der Waals surface area contributed by atoms with Crippen molar-refractivity contribution in [2.45, 2.75) is 45.4 Å². The molecule has 22 heavy (non-hydrogen) atoms. The van der Waals surface area contributed by atoms with Gasteiger partial charge in [0, 0.05) is 19.1 Å². The Morgan fingerprint density at radius 2 is 2.18 bits per heavy atom. The normalized spacial score (nSPS) is 22.5. The maximum atomic E-state index is 12.4. The molecule has 0 aromatic carbocycles. The maximum absolute atomic E-state index is 12.4. The van der Waals surface area contributed by atoms with Gasteiger partial charge in [0.1, 0.15) is 15.4 Å². The summed E-state index contributed by atoms with van der Waals surface area (Å²) >= 11 is 9.36. The zero-order chi connectivity index (χ0) is 16.5. The van der Waals surface area contributed by atoms with Gasteiger partial charge in [-0.2, -0.15) is 0 Å². The zero-order valence-electron chi connectivity index (χ0n) is 13.2. The minimum atomic E-state index is -0.500. The second-order valence-corrected chi connectivity index (χ2v) is 7.69. The molecule has 0 unspecified atom stereocenters. The first-order chi connectivity index (χ1) is 10.2. The lowest BCUT2D eigenvalue weighted by molar-refractivity contribution is 0.00958. The molecule has 1 aromatic rings. The van der Waals surface area contributed by atoms with Crippen LogP contribution in [0.15, 0.2) is 16.7 Å². The van der Waals surface area contributed by atoms with Crippen LogP contribution in [-0.2, 0) is 4.74 Å². The fraction of sp³-hybridized carbons (Fsp3) is 0.600. The number of carbonyl (C=O) groups is 1. The van der Waals surface area contributed by atoms with Crippen LogP contribution in [-0.4, -0.2) is 40.7 Å². The zero-order valence-corrected chi connectivity index (χ0v) is 15.5. The number of pyridine rings is 1. The summed E-state index contributed by atoms with van der Waals surface area (Å²) in [5.74, 6) is 0. The first-order valence-electron chi connectivity index (χ1n) is 7.22.